The maximum Gasteiger partial charge on any atom is 0.472 e. The number of phosphoric ester groups is 2. The molecule has 19 heteroatoms. The van der Waals surface area contributed by atoms with Crippen LogP contribution in [0.15, 0.2) is 0 Å². The Bertz CT molecular complexity index is 1840. The number of carbonyl (C=O) groups excluding carboxylic acids is 4. The van der Waals surface area contributed by atoms with Gasteiger partial charge in [-0.25, -0.2) is 9.13 Å². The van der Waals surface area contributed by atoms with Crippen molar-refractivity contribution in [1.29, 1.82) is 0 Å². The maximum atomic E-state index is 13.1. The Morgan fingerprint density at radius 2 is 0.543 bits per heavy atom. The van der Waals surface area contributed by atoms with E-state index in [1.807, 2.05) is 0 Å². The SMILES string of the molecule is CCCCCCCCCCCCCCCCCCCCC(=O)O[C@H](COC(=O)CCCCCCCCCCCC(C)C)COP(=O)(O)OC[C@@H](O)COP(=O)(O)OC[C@@H](COC(=O)CCCCCCCCCCC(C)CC)OC(=O)CCCCCCCCCCC(C)CC. The highest BCUT2D eigenvalue weighted by molar-refractivity contribution is 7.47. The van der Waals surface area contributed by atoms with Crippen LogP contribution in [0.4, 0.5) is 0 Å². The summed E-state index contributed by atoms with van der Waals surface area (Å²) in [5, 5.41) is 10.6. The van der Waals surface area contributed by atoms with Gasteiger partial charge in [0.25, 0.3) is 0 Å². The van der Waals surface area contributed by atoms with Crippen LogP contribution >= 0.6 is 15.6 Å². The minimum absolute atomic E-state index is 0.104. The van der Waals surface area contributed by atoms with Crippen LogP contribution in [-0.2, 0) is 65.4 Å². The van der Waals surface area contributed by atoms with Gasteiger partial charge in [0.05, 0.1) is 26.4 Å². The van der Waals surface area contributed by atoms with E-state index in [2.05, 4.69) is 48.5 Å². The van der Waals surface area contributed by atoms with Crippen LogP contribution in [0.25, 0.3) is 0 Å². The van der Waals surface area contributed by atoms with Gasteiger partial charge in [-0.05, 0) is 43.4 Å². The van der Waals surface area contributed by atoms with Crippen LogP contribution in [0.5, 0.6) is 0 Å². The Morgan fingerprint density at radius 1 is 0.309 bits per heavy atom. The molecule has 0 spiro atoms. The van der Waals surface area contributed by atoms with E-state index in [0.717, 1.165) is 108 Å². The number of carbonyl (C=O) groups is 4. The molecule has 0 heterocycles. The summed E-state index contributed by atoms with van der Waals surface area (Å²) in [6.45, 7) is 11.9. The first-order valence-corrected chi connectivity index (χ1v) is 41.9. The van der Waals surface area contributed by atoms with Crippen molar-refractivity contribution in [2.45, 2.75) is 401 Å². The second-order valence-corrected chi connectivity index (χ2v) is 30.9. The van der Waals surface area contributed by atoms with E-state index < -0.39 is 97.5 Å². The molecule has 7 atom stereocenters. The lowest BCUT2D eigenvalue weighted by Gasteiger charge is -2.21. The van der Waals surface area contributed by atoms with Gasteiger partial charge in [-0.15, -0.1) is 0 Å². The molecule has 0 rings (SSSR count). The maximum absolute atomic E-state index is 13.1. The molecular formula is C75H146O17P2. The van der Waals surface area contributed by atoms with Crippen molar-refractivity contribution in [3.8, 4) is 0 Å². The first-order chi connectivity index (χ1) is 45.3. The Balaban J connectivity index is 5.25. The van der Waals surface area contributed by atoms with Gasteiger partial charge in [0, 0.05) is 25.7 Å². The number of hydrogen-bond acceptors (Lipinski definition) is 15. The molecule has 0 fully saturated rings. The summed E-state index contributed by atoms with van der Waals surface area (Å²) in [6.07, 6.45) is 51.3. The molecule has 0 aromatic rings. The van der Waals surface area contributed by atoms with Crippen LogP contribution in [-0.4, -0.2) is 96.7 Å². The van der Waals surface area contributed by atoms with Gasteiger partial charge >= 0.3 is 39.5 Å². The van der Waals surface area contributed by atoms with E-state index in [1.165, 1.54) is 193 Å². The van der Waals surface area contributed by atoms with Gasteiger partial charge < -0.3 is 33.8 Å². The summed E-state index contributed by atoms with van der Waals surface area (Å²) in [5.74, 6) is 0.170. The quantitative estimate of drug-likeness (QED) is 0.0222. The summed E-state index contributed by atoms with van der Waals surface area (Å²) in [6, 6.07) is 0. The molecule has 0 saturated carbocycles. The van der Waals surface area contributed by atoms with Crippen molar-refractivity contribution in [3.05, 3.63) is 0 Å². The van der Waals surface area contributed by atoms with E-state index in [-0.39, 0.29) is 25.7 Å². The molecule has 3 N–H and O–H groups in total. The van der Waals surface area contributed by atoms with Crippen LogP contribution in [0.2, 0.25) is 0 Å². The van der Waals surface area contributed by atoms with Gasteiger partial charge in [0.15, 0.2) is 12.2 Å². The summed E-state index contributed by atoms with van der Waals surface area (Å²) >= 11 is 0. The number of rotatable bonds is 73. The zero-order chi connectivity index (χ0) is 69.4. The third-order valence-electron chi connectivity index (χ3n) is 18.1. The van der Waals surface area contributed by atoms with Crippen LogP contribution < -0.4 is 0 Å². The molecule has 0 aliphatic heterocycles. The summed E-state index contributed by atoms with van der Waals surface area (Å²) in [7, 11) is -9.91. The molecule has 0 amide bonds. The lowest BCUT2D eigenvalue weighted by atomic mass is 9.99. The fraction of sp³-hybridized carbons (Fsp3) is 0.947. The van der Waals surface area contributed by atoms with Crippen LogP contribution in [0, 0.1) is 17.8 Å². The van der Waals surface area contributed by atoms with E-state index in [0.29, 0.717) is 25.7 Å². The fourth-order valence-electron chi connectivity index (χ4n) is 11.4. The molecule has 0 radical (unpaired) electrons. The van der Waals surface area contributed by atoms with Gasteiger partial charge in [-0.3, -0.25) is 37.3 Å². The van der Waals surface area contributed by atoms with Crippen molar-refractivity contribution in [3.63, 3.8) is 0 Å². The average molecular weight is 1380 g/mol. The minimum Gasteiger partial charge on any atom is -0.462 e. The number of aliphatic hydroxyl groups excluding tert-OH is 1. The van der Waals surface area contributed by atoms with Crippen molar-refractivity contribution in [2.24, 2.45) is 17.8 Å². The summed E-state index contributed by atoms with van der Waals surface area (Å²) < 4.78 is 68.5. The Kier molecular flexibility index (Phi) is 64.3. The second kappa shape index (κ2) is 65.7. The number of aliphatic hydroxyl groups is 1. The number of esters is 4. The topological polar surface area (TPSA) is 237 Å². The number of ether oxygens (including phenoxy) is 4. The normalized spacial score (nSPS) is 14.7. The van der Waals surface area contributed by atoms with Crippen molar-refractivity contribution < 1.29 is 80.2 Å². The van der Waals surface area contributed by atoms with Gasteiger partial charge in [-0.2, -0.15) is 0 Å². The monoisotopic (exact) mass is 1380 g/mol. The zero-order valence-electron chi connectivity index (χ0n) is 61.4. The third-order valence-corrected chi connectivity index (χ3v) is 20.0. The highest BCUT2D eigenvalue weighted by Gasteiger charge is 2.30. The molecule has 94 heavy (non-hydrogen) atoms. The van der Waals surface area contributed by atoms with E-state index >= 15 is 0 Å². The molecule has 0 saturated heterocycles. The van der Waals surface area contributed by atoms with Crippen molar-refractivity contribution >= 4 is 39.5 Å². The summed E-state index contributed by atoms with van der Waals surface area (Å²) in [4.78, 5) is 72.8. The molecular weight excluding hydrogens is 1230 g/mol. The van der Waals surface area contributed by atoms with Crippen molar-refractivity contribution in [1.82, 2.24) is 0 Å². The van der Waals surface area contributed by atoms with Crippen LogP contribution in [0.3, 0.4) is 0 Å². The second-order valence-electron chi connectivity index (χ2n) is 28.0. The van der Waals surface area contributed by atoms with Crippen LogP contribution in [0.1, 0.15) is 382 Å². The largest absolute Gasteiger partial charge is 0.472 e. The molecule has 0 aromatic heterocycles. The first-order valence-electron chi connectivity index (χ1n) is 38.9. The molecule has 17 nitrogen and oxygen atoms in total. The summed E-state index contributed by atoms with van der Waals surface area (Å²) in [5.41, 5.74) is 0. The standard InChI is InChI=1S/C75H146O17P2/c1-8-11-12-13-14-15-16-17-18-19-20-21-22-23-26-37-44-51-58-74(79)91-70(62-85-72(77)56-49-42-35-27-24-25-32-39-46-53-66(4)5)64-89-93(81,82)87-60-69(76)61-88-94(83,84)90-65-71(92-75(80)59-52-45-38-31-29-34-41-48-55-68(7)10-3)63-86-73(78)57-50-43-36-30-28-33-40-47-54-67(6)9-2/h66-71,76H,8-65H2,1-7H3,(H,81,82)(H,83,84)/t67?,68?,69-,70-,71-/m1/s1. The predicted octanol–water partition coefficient (Wildman–Crippen LogP) is 21.8. The fourth-order valence-corrected chi connectivity index (χ4v) is 12.9. The highest BCUT2D eigenvalue weighted by Crippen LogP contribution is 2.45. The lowest BCUT2D eigenvalue weighted by molar-refractivity contribution is -0.161. The van der Waals surface area contributed by atoms with E-state index in [4.69, 9.17) is 37.0 Å². The lowest BCUT2D eigenvalue weighted by Crippen LogP contribution is -2.30. The predicted molar refractivity (Wildman–Crippen MR) is 381 cm³/mol. The number of phosphoric acid groups is 2. The third kappa shape index (κ3) is 66.0. The first kappa shape index (κ1) is 92.1. The Hall–Kier alpha value is -1.94. The van der Waals surface area contributed by atoms with E-state index in [1.54, 1.807) is 0 Å². The minimum atomic E-state index is -4.96. The zero-order valence-corrected chi connectivity index (χ0v) is 63.2. The molecule has 0 aliphatic carbocycles. The molecule has 0 aromatic carbocycles. The Labute approximate surface area is 575 Å². The highest BCUT2D eigenvalue weighted by atomic mass is 31.2. The van der Waals surface area contributed by atoms with Gasteiger partial charge in [0.1, 0.15) is 19.3 Å². The number of hydrogen-bond donors (Lipinski definition) is 3. The molecule has 0 aliphatic rings. The molecule has 558 valence electrons. The number of unbranched alkanes of at least 4 members (excludes halogenated alkanes) is 39. The van der Waals surface area contributed by atoms with E-state index in [9.17, 15) is 43.2 Å². The smallest absolute Gasteiger partial charge is 0.462 e. The van der Waals surface area contributed by atoms with Crippen molar-refractivity contribution in [2.75, 3.05) is 39.6 Å². The van der Waals surface area contributed by atoms with Gasteiger partial charge in [-0.1, -0.05) is 331 Å². The van der Waals surface area contributed by atoms with Gasteiger partial charge in [0.2, 0.25) is 0 Å². The molecule has 0 bridgehead atoms. The average Bonchev–Trinajstić information content (AvgIpc) is 2.03. The Morgan fingerprint density at radius 3 is 0.809 bits per heavy atom. The molecule has 4 unspecified atom stereocenters.